The van der Waals surface area contributed by atoms with Gasteiger partial charge in [-0.05, 0) is 68.4 Å². The Balaban J connectivity index is 1.26. The van der Waals surface area contributed by atoms with Gasteiger partial charge in [-0.3, -0.25) is 14.2 Å². The Kier molecular flexibility index (Phi) is 6.92. The van der Waals surface area contributed by atoms with E-state index in [1.165, 1.54) is 47.1 Å². The van der Waals surface area contributed by atoms with Crippen LogP contribution < -0.4 is 4.90 Å². The van der Waals surface area contributed by atoms with Gasteiger partial charge in [-0.15, -0.1) is 0 Å². The Bertz CT molecular complexity index is 1400. The SMILES string of the molecule is CCc1nn(C2CCC2)c2cc(N3CCN(C(=O)Cc4cnn(CC)c4)[C@@H](Cc4ccccc4)C3)ccc12. The lowest BCUT2D eigenvalue weighted by Gasteiger charge is -2.43. The third-order valence-electron chi connectivity index (χ3n) is 8.37. The van der Waals surface area contributed by atoms with Gasteiger partial charge in [0.05, 0.1) is 35.9 Å². The molecular weight excluding hydrogens is 472 g/mol. The number of anilines is 1. The van der Waals surface area contributed by atoms with Gasteiger partial charge in [0.1, 0.15) is 0 Å². The number of rotatable bonds is 8. The summed E-state index contributed by atoms with van der Waals surface area (Å²) in [4.78, 5) is 18.1. The fourth-order valence-electron chi connectivity index (χ4n) is 5.98. The Morgan fingerprint density at radius 3 is 2.58 bits per heavy atom. The first-order valence-electron chi connectivity index (χ1n) is 14.2. The molecule has 7 heteroatoms. The largest absolute Gasteiger partial charge is 0.368 e. The molecule has 1 saturated heterocycles. The molecular formula is C31H38N6O. The van der Waals surface area contributed by atoms with Gasteiger partial charge < -0.3 is 9.80 Å². The van der Waals surface area contributed by atoms with Crippen LogP contribution in [0.1, 0.15) is 56.0 Å². The van der Waals surface area contributed by atoms with Crippen molar-refractivity contribution in [1.82, 2.24) is 24.5 Å². The van der Waals surface area contributed by atoms with Crippen LogP contribution in [0.15, 0.2) is 60.9 Å². The van der Waals surface area contributed by atoms with Crippen LogP contribution in [0, 0.1) is 0 Å². The van der Waals surface area contributed by atoms with E-state index in [2.05, 4.69) is 82.0 Å². The lowest BCUT2D eigenvalue weighted by molar-refractivity contribution is -0.133. The number of hydrogen-bond acceptors (Lipinski definition) is 4. The van der Waals surface area contributed by atoms with E-state index in [9.17, 15) is 4.79 Å². The summed E-state index contributed by atoms with van der Waals surface area (Å²) in [5.41, 5.74) is 5.94. The van der Waals surface area contributed by atoms with E-state index in [1.807, 2.05) is 17.1 Å². The van der Waals surface area contributed by atoms with Crippen LogP contribution in [-0.2, 0) is 30.6 Å². The Labute approximate surface area is 225 Å². The third-order valence-corrected chi connectivity index (χ3v) is 8.37. The van der Waals surface area contributed by atoms with Crippen molar-refractivity contribution in [3.63, 3.8) is 0 Å². The standard InChI is InChI=1S/C31H38N6O/c1-3-29-28-14-13-26(19-30(28)37(33-29)25-11-8-12-25)34-15-16-36(27(22-34)17-23-9-6-5-7-10-23)31(38)18-24-20-32-35(4-2)21-24/h5-7,9-10,13-14,19-21,25,27H,3-4,8,11-12,15-18,22H2,1-2H3/t27-/m0/s1. The molecule has 2 aliphatic rings. The number of aryl methyl sites for hydroxylation is 2. The van der Waals surface area contributed by atoms with Gasteiger partial charge in [0.15, 0.2) is 0 Å². The van der Waals surface area contributed by atoms with Gasteiger partial charge in [-0.1, -0.05) is 37.3 Å². The molecule has 1 aliphatic heterocycles. The highest BCUT2D eigenvalue weighted by Gasteiger charge is 2.31. The molecule has 0 radical (unpaired) electrons. The molecule has 2 aromatic heterocycles. The lowest BCUT2D eigenvalue weighted by atomic mass is 9.93. The smallest absolute Gasteiger partial charge is 0.227 e. The fourth-order valence-corrected chi connectivity index (χ4v) is 5.98. The number of piperazine rings is 1. The maximum Gasteiger partial charge on any atom is 0.227 e. The fraction of sp³-hybridized carbons (Fsp3) is 0.452. The maximum atomic E-state index is 13.5. The van der Waals surface area contributed by atoms with Crippen LogP contribution in [0.4, 0.5) is 5.69 Å². The van der Waals surface area contributed by atoms with Crippen LogP contribution in [0.5, 0.6) is 0 Å². The molecule has 1 saturated carbocycles. The topological polar surface area (TPSA) is 59.2 Å². The molecule has 198 valence electrons. The molecule has 6 rings (SSSR count). The summed E-state index contributed by atoms with van der Waals surface area (Å²) in [6, 6.07) is 18.1. The summed E-state index contributed by atoms with van der Waals surface area (Å²) in [5.74, 6) is 0.187. The summed E-state index contributed by atoms with van der Waals surface area (Å²) in [5, 5.41) is 10.7. The number of carbonyl (C=O) groups excluding carboxylic acids is 1. The average molecular weight is 511 g/mol. The number of amides is 1. The van der Waals surface area contributed by atoms with E-state index in [-0.39, 0.29) is 11.9 Å². The van der Waals surface area contributed by atoms with Crippen molar-refractivity contribution in [2.45, 2.75) is 71.0 Å². The van der Waals surface area contributed by atoms with Crippen LogP contribution >= 0.6 is 0 Å². The number of aromatic nitrogens is 4. The van der Waals surface area contributed by atoms with Gasteiger partial charge in [-0.25, -0.2) is 0 Å². The number of fused-ring (bicyclic) bond motifs is 1. The molecule has 1 atom stereocenters. The van der Waals surface area contributed by atoms with Gasteiger partial charge in [0.25, 0.3) is 0 Å². The quantitative estimate of drug-likeness (QED) is 0.333. The highest BCUT2D eigenvalue weighted by Crippen LogP contribution is 2.36. The van der Waals surface area contributed by atoms with Crippen LogP contribution in [0.2, 0.25) is 0 Å². The first kappa shape index (κ1) is 24.7. The van der Waals surface area contributed by atoms with E-state index >= 15 is 0 Å². The van der Waals surface area contributed by atoms with Crippen LogP contribution in [-0.4, -0.2) is 56.0 Å². The van der Waals surface area contributed by atoms with Crippen molar-refractivity contribution in [2.24, 2.45) is 0 Å². The average Bonchev–Trinajstić information content (AvgIpc) is 3.52. The van der Waals surface area contributed by atoms with Crippen molar-refractivity contribution < 1.29 is 4.79 Å². The highest BCUT2D eigenvalue weighted by molar-refractivity contribution is 5.86. The second-order valence-corrected chi connectivity index (χ2v) is 10.8. The number of hydrogen-bond donors (Lipinski definition) is 0. The van der Waals surface area contributed by atoms with E-state index in [4.69, 9.17) is 5.10 Å². The predicted octanol–water partition coefficient (Wildman–Crippen LogP) is 5.04. The molecule has 2 aromatic carbocycles. The first-order valence-corrected chi connectivity index (χ1v) is 14.2. The molecule has 0 spiro atoms. The van der Waals surface area contributed by atoms with E-state index < -0.39 is 0 Å². The normalized spacial score (nSPS) is 18.2. The molecule has 0 unspecified atom stereocenters. The van der Waals surface area contributed by atoms with Crippen molar-refractivity contribution in [3.8, 4) is 0 Å². The zero-order valence-electron chi connectivity index (χ0n) is 22.6. The molecule has 2 fully saturated rings. The van der Waals surface area contributed by atoms with Crippen molar-refractivity contribution in [1.29, 1.82) is 0 Å². The summed E-state index contributed by atoms with van der Waals surface area (Å²) in [6.07, 6.45) is 9.76. The van der Waals surface area contributed by atoms with E-state index in [0.717, 1.165) is 44.6 Å². The van der Waals surface area contributed by atoms with Crippen molar-refractivity contribution in [2.75, 3.05) is 24.5 Å². The Morgan fingerprint density at radius 1 is 1.03 bits per heavy atom. The van der Waals surface area contributed by atoms with Gasteiger partial charge in [0, 0.05) is 43.4 Å². The van der Waals surface area contributed by atoms with Crippen LogP contribution in [0.3, 0.4) is 0 Å². The third kappa shape index (κ3) is 4.82. The Morgan fingerprint density at radius 2 is 1.87 bits per heavy atom. The maximum absolute atomic E-state index is 13.5. The van der Waals surface area contributed by atoms with Crippen molar-refractivity contribution in [3.05, 3.63) is 77.7 Å². The van der Waals surface area contributed by atoms with Crippen LogP contribution in [0.25, 0.3) is 10.9 Å². The number of carbonyl (C=O) groups is 1. The number of nitrogens with zero attached hydrogens (tertiary/aromatic N) is 6. The first-order chi connectivity index (χ1) is 18.6. The molecule has 4 aromatic rings. The minimum absolute atomic E-state index is 0.110. The predicted molar refractivity (Wildman–Crippen MR) is 151 cm³/mol. The minimum atomic E-state index is 0.110. The second kappa shape index (κ2) is 10.6. The molecule has 0 bridgehead atoms. The van der Waals surface area contributed by atoms with E-state index in [1.54, 1.807) is 0 Å². The number of benzene rings is 2. The van der Waals surface area contributed by atoms with Gasteiger partial charge in [0.2, 0.25) is 5.91 Å². The summed E-state index contributed by atoms with van der Waals surface area (Å²) in [7, 11) is 0. The molecule has 1 aliphatic carbocycles. The lowest BCUT2D eigenvalue weighted by Crippen LogP contribution is -2.56. The molecule has 1 amide bonds. The zero-order valence-corrected chi connectivity index (χ0v) is 22.6. The van der Waals surface area contributed by atoms with Gasteiger partial charge >= 0.3 is 0 Å². The molecule has 3 heterocycles. The summed E-state index contributed by atoms with van der Waals surface area (Å²) in [6.45, 7) is 7.44. The zero-order chi connectivity index (χ0) is 26.1. The molecule has 38 heavy (non-hydrogen) atoms. The van der Waals surface area contributed by atoms with E-state index in [0.29, 0.717) is 12.5 Å². The van der Waals surface area contributed by atoms with Gasteiger partial charge in [-0.2, -0.15) is 10.2 Å². The highest BCUT2D eigenvalue weighted by atomic mass is 16.2. The van der Waals surface area contributed by atoms with Crippen molar-refractivity contribution >= 4 is 22.5 Å². The summed E-state index contributed by atoms with van der Waals surface area (Å²) >= 11 is 0. The monoisotopic (exact) mass is 510 g/mol. The summed E-state index contributed by atoms with van der Waals surface area (Å²) < 4.78 is 4.18. The molecule has 7 nitrogen and oxygen atoms in total. The molecule has 0 N–H and O–H groups in total. The Hall–Kier alpha value is -3.61. The minimum Gasteiger partial charge on any atom is -0.368 e. The second-order valence-electron chi connectivity index (χ2n) is 10.8.